The van der Waals surface area contributed by atoms with E-state index in [-0.39, 0.29) is 17.8 Å². The third-order valence-electron chi connectivity index (χ3n) is 8.35. The van der Waals surface area contributed by atoms with Gasteiger partial charge < -0.3 is 19.3 Å². The molecule has 0 aromatic heterocycles. The molecule has 0 amide bonds. The molecule has 3 fully saturated rings. The van der Waals surface area contributed by atoms with Crippen molar-refractivity contribution in [2.24, 2.45) is 17.3 Å². The highest BCUT2D eigenvalue weighted by atomic mass is 16.7. The third-order valence-corrected chi connectivity index (χ3v) is 8.35. The van der Waals surface area contributed by atoms with Gasteiger partial charge in [0.2, 0.25) is 0 Å². The molecular formula is C24H34O4. The summed E-state index contributed by atoms with van der Waals surface area (Å²) in [6.07, 6.45) is 8.96. The first-order chi connectivity index (χ1) is 13.6. The first kappa shape index (κ1) is 18.9. The van der Waals surface area contributed by atoms with Crippen molar-refractivity contribution in [2.75, 3.05) is 13.7 Å². The largest absolute Gasteiger partial charge is 0.497 e. The number of benzene rings is 1. The molecule has 3 aliphatic carbocycles. The Labute approximate surface area is 168 Å². The normalized spacial score (nSPS) is 42.4. The van der Waals surface area contributed by atoms with E-state index in [1.807, 2.05) is 6.07 Å². The zero-order valence-corrected chi connectivity index (χ0v) is 17.2. The fraction of sp³-hybridized carbons (Fsp3) is 0.750. The quantitative estimate of drug-likeness (QED) is 0.798. The molecule has 1 aliphatic heterocycles. The lowest BCUT2D eigenvalue weighted by Gasteiger charge is -2.51. The molecule has 1 aromatic rings. The van der Waals surface area contributed by atoms with Crippen LogP contribution in [0.2, 0.25) is 0 Å². The monoisotopic (exact) mass is 386 g/mol. The number of aliphatic hydroxyl groups is 1. The second-order valence-electron chi connectivity index (χ2n) is 9.67. The van der Waals surface area contributed by atoms with E-state index in [1.54, 1.807) is 7.11 Å². The summed E-state index contributed by atoms with van der Waals surface area (Å²) >= 11 is 0. The molecule has 1 saturated heterocycles. The van der Waals surface area contributed by atoms with Crippen LogP contribution in [0.15, 0.2) is 18.2 Å². The second kappa shape index (κ2) is 7.30. The van der Waals surface area contributed by atoms with Crippen LogP contribution < -0.4 is 4.74 Å². The summed E-state index contributed by atoms with van der Waals surface area (Å²) in [5.41, 5.74) is 2.66. The van der Waals surface area contributed by atoms with E-state index in [9.17, 15) is 5.11 Å². The van der Waals surface area contributed by atoms with Crippen molar-refractivity contribution in [3.05, 3.63) is 29.3 Å². The number of rotatable bonds is 3. The van der Waals surface area contributed by atoms with Gasteiger partial charge in [-0.25, -0.2) is 0 Å². The molecular weight excluding hydrogens is 352 g/mol. The predicted molar refractivity (Wildman–Crippen MR) is 107 cm³/mol. The van der Waals surface area contributed by atoms with E-state index in [0.717, 1.165) is 43.6 Å². The number of ether oxygens (including phenoxy) is 3. The van der Waals surface area contributed by atoms with E-state index in [4.69, 9.17) is 14.2 Å². The van der Waals surface area contributed by atoms with Gasteiger partial charge in [-0.3, -0.25) is 0 Å². The summed E-state index contributed by atoms with van der Waals surface area (Å²) < 4.78 is 17.8. The van der Waals surface area contributed by atoms with Gasteiger partial charge in [-0.05, 0) is 97.8 Å². The van der Waals surface area contributed by atoms with Crippen molar-refractivity contribution in [2.45, 2.75) is 82.7 Å². The van der Waals surface area contributed by atoms with E-state index in [1.165, 1.54) is 31.2 Å². The molecule has 0 unspecified atom stereocenters. The first-order valence-corrected chi connectivity index (χ1v) is 11.2. The van der Waals surface area contributed by atoms with Crippen LogP contribution in [0.25, 0.3) is 0 Å². The van der Waals surface area contributed by atoms with Crippen molar-refractivity contribution < 1.29 is 19.3 Å². The van der Waals surface area contributed by atoms with Gasteiger partial charge in [-0.15, -0.1) is 0 Å². The molecule has 1 N–H and O–H groups in total. The lowest BCUT2D eigenvalue weighted by molar-refractivity contribution is -0.213. The second-order valence-corrected chi connectivity index (χ2v) is 9.67. The standard InChI is InChI=1S/C24H34O4/c1-24-11-10-17-16-7-6-15(26-2)13-19(16)21(25)14-18(17)20(24)8-9-22(24)28-23-5-3-4-12-27-23/h6-7,13,17-18,20-23,25H,3-5,8-12,14H2,1-2H3/t17-,18-,20+,21-,22+,23-,24+/m1/s1. The topological polar surface area (TPSA) is 47.9 Å². The summed E-state index contributed by atoms with van der Waals surface area (Å²) in [5, 5.41) is 10.9. The van der Waals surface area contributed by atoms with Gasteiger partial charge in [0.1, 0.15) is 5.75 Å². The number of aliphatic hydroxyl groups excluding tert-OH is 1. The summed E-state index contributed by atoms with van der Waals surface area (Å²) in [4.78, 5) is 0. The van der Waals surface area contributed by atoms with Crippen LogP contribution in [0.5, 0.6) is 5.75 Å². The fourth-order valence-electron chi connectivity index (χ4n) is 6.87. The molecule has 4 heteroatoms. The minimum absolute atomic E-state index is 0.00261. The SMILES string of the molecule is COc1ccc2c(c1)[C@H](O)C[C@@H]1[C@@H]2CC[C@]2(C)[C@@H](O[C@@H]3CCCCO3)CC[C@@H]12. The fourth-order valence-corrected chi connectivity index (χ4v) is 6.87. The minimum atomic E-state index is -0.379. The first-order valence-electron chi connectivity index (χ1n) is 11.2. The summed E-state index contributed by atoms with van der Waals surface area (Å²) in [6.45, 7) is 3.29. The van der Waals surface area contributed by atoms with Gasteiger partial charge in [0, 0.05) is 6.61 Å². The number of fused-ring (bicyclic) bond motifs is 5. The van der Waals surface area contributed by atoms with Gasteiger partial charge in [0.15, 0.2) is 6.29 Å². The molecule has 154 valence electrons. The minimum Gasteiger partial charge on any atom is -0.497 e. The average Bonchev–Trinajstić information content (AvgIpc) is 3.05. The average molecular weight is 387 g/mol. The smallest absolute Gasteiger partial charge is 0.157 e. The van der Waals surface area contributed by atoms with E-state index < -0.39 is 0 Å². The van der Waals surface area contributed by atoms with Crippen LogP contribution in [-0.2, 0) is 9.47 Å². The Kier molecular flexibility index (Phi) is 4.93. The zero-order valence-electron chi connectivity index (χ0n) is 17.2. The van der Waals surface area contributed by atoms with Crippen molar-refractivity contribution in [1.82, 2.24) is 0 Å². The number of methoxy groups -OCH3 is 1. The van der Waals surface area contributed by atoms with Crippen molar-refractivity contribution in [3.8, 4) is 5.75 Å². The highest BCUT2D eigenvalue weighted by molar-refractivity contribution is 5.42. The molecule has 0 radical (unpaired) electrons. The van der Waals surface area contributed by atoms with Gasteiger partial charge in [-0.1, -0.05) is 13.0 Å². The zero-order chi connectivity index (χ0) is 19.3. The Bertz CT molecular complexity index is 713. The molecule has 0 bridgehead atoms. The van der Waals surface area contributed by atoms with Crippen LogP contribution in [0, 0.1) is 17.3 Å². The maximum absolute atomic E-state index is 10.9. The highest BCUT2D eigenvalue weighted by Crippen LogP contribution is 2.63. The van der Waals surface area contributed by atoms with E-state index >= 15 is 0 Å². The van der Waals surface area contributed by atoms with Gasteiger partial charge in [0.05, 0.1) is 19.3 Å². The molecule has 4 aliphatic rings. The lowest BCUT2D eigenvalue weighted by Crippen LogP contribution is -2.46. The van der Waals surface area contributed by atoms with E-state index in [2.05, 4.69) is 19.1 Å². The predicted octanol–water partition coefficient (Wildman–Crippen LogP) is 4.95. The Morgan fingerprint density at radius 3 is 2.79 bits per heavy atom. The summed E-state index contributed by atoms with van der Waals surface area (Å²) in [5.74, 6) is 2.59. The van der Waals surface area contributed by atoms with Crippen LogP contribution in [0.4, 0.5) is 0 Å². The number of hydrogen-bond donors (Lipinski definition) is 1. The molecule has 7 atom stereocenters. The van der Waals surface area contributed by atoms with Crippen molar-refractivity contribution in [1.29, 1.82) is 0 Å². The molecule has 28 heavy (non-hydrogen) atoms. The molecule has 1 heterocycles. The Morgan fingerprint density at radius 1 is 1.11 bits per heavy atom. The van der Waals surface area contributed by atoms with Crippen molar-refractivity contribution >= 4 is 0 Å². The number of hydrogen-bond acceptors (Lipinski definition) is 4. The van der Waals surface area contributed by atoms with Crippen molar-refractivity contribution in [3.63, 3.8) is 0 Å². The Morgan fingerprint density at radius 2 is 2.00 bits per heavy atom. The maximum Gasteiger partial charge on any atom is 0.157 e. The van der Waals surface area contributed by atoms with Crippen LogP contribution in [0.3, 0.4) is 0 Å². The Balaban J connectivity index is 1.38. The summed E-state index contributed by atoms with van der Waals surface area (Å²) in [6, 6.07) is 6.31. The molecule has 2 saturated carbocycles. The molecule has 0 spiro atoms. The van der Waals surface area contributed by atoms with Crippen LogP contribution in [-0.4, -0.2) is 31.2 Å². The van der Waals surface area contributed by atoms with Gasteiger partial charge >= 0.3 is 0 Å². The highest BCUT2D eigenvalue weighted by Gasteiger charge is 2.56. The van der Waals surface area contributed by atoms with Crippen LogP contribution in [0.1, 0.15) is 81.4 Å². The molecule has 4 nitrogen and oxygen atoms in total. The summed E-state index contributed by atoms with van der Waals surface area (Å²) in [7, 11) is 1.69. The third kappa shape index (κ3) is 3.00. The van der Waals surface area contributed by atoms with E-state index in [0.29, 0.717) is 23.9 Å². The van der Waals surface area contributed by atoms with Crippen LogP contribution >= 0.6 is 0 Å². The lowest BCUT2D eigenvalue weighted by atomic mass is 9.55. The molecule has 5 rings (SSSR count). The molecule has 1 aromatic carbocycles. The van der Waals surface area contributed by atoms with Gasteiger partial charge in [0.25, 0.3) is 0 Å². The van der Waals surface area contributed by atoms with Gasteiger partial charge in [-0.2, -0.15) is 0 Å². The Hall–Kier alpha value is -1.10. The maximum atomic E-state index is 10.9.